The summed E-state index contributed by atoms with van der Waals surface area (Å²) in [4.78, 5) is 78.0. The first-order valence-corrected chi connectivity index (χ1v) is 28.5. The number of amides is 5. The largest absolute Gasteiger partial charge is 0.382 e. The lowest BCUT2D eigenvalue weighted by Gasteiger charge is -2.36. The molecule has 444 valence electrons. The van der Waals surface area contributed by atoms with E-state index in [0.717, 1.165) is 12.0 Å². The second kappa shape index (κ2) is 29.8. The molecule has 0 saturated carbocycles. The van der Waals surface area contributed by atoms with Gasteiger partial charge in [-0.3, -0.25) is 28.7 Å². The van der Waals surface area contributed by atoms with Crippen LogP contribution in [-0.2, 0) is 51.2 Å². The summed E-state index contributed by atoms with van der Waals surface area (Å²) in [5.74, 6) is -1.56. The molecule has 3 aliphatic heterocycles. The number of carbonyl (C=O) groups is 5. The number of anilines is 2. The molecule has 2 fully saturated rings. The molecule has 4 aromatic rings. The van der Waals surface area contributed by atoms with E-state index in [1.54, 1.807) is 36.8 Å². The van der Waals surface area contributed by atoms with E-state index in [0.29, 0.717) is 106 Å². The van der Waals surface area contributed by atoms with Crippen molar-refractivity contribution in [1.82, 2.24) is 51.1 Å². The minimum Gasteiger partial charge on any atom is -0.382 e. The van der Waals surface area contributed by atoms with Crippen LogP contribution >= 0.6 is 0 Å². The quantitative estimate of drug-likeness (QED) is 0.0461. The zero-order valence-corrected chi connectivity index (χ0v) is 48.4. The second-order valence-electron chi connectivity index (χ2n) is 22.0. The van der Waals surface area contributed by atoms with E-state index in [4.69, 9.17) is 24.7 Å². The lowest BCUT2D eigenvalue weighted by molar-refractivity contribution is -0.144. The van der Waals surface area contributed by atoms with Gasteiger partial charge in [0.25, 0.3) is 5.91 Å². The van der Waals surface area contributed by atoms with Gasteiger partial charge >= 0.3 is 0 Å². The molecule has 2 aromatic heterocycles. The molecule has 5 heterocycles. The monoisotopic (exact) mass is 1140 g/mol. The van der Waals surface area contributed by atoms with Crippen LogP contribution in [0.3, 0.4) is 0 Å². The predicted molar refractivity (Wildman–Crippen MR) is 306 cm³/mol. The molecule has 82 heavy (non-hydrogen) atoms. The molecular weight excluding hydrogens is 1050 g/mol. The zero-order chi connectivity index (χ0) is 58.9. The first-order valence-electron chi connectivity index (χ1n) is 28.5. The van der Waals surface area contributed by atoms with Crippen molar-refractivity contribution < 1.29 is 47.3 Å². The molecule has 0 spiro atoms. The van der Waals surface area contributed by atoms with Crippen molar-refractivity contribution >= 4 is 41.0 Å². The summed E-state index contributed by atoms with van der Waals surface area (Å²) in [6, 6.07) is 15.2. The number of carbonyl (C=O) groups excluding carboxylic acids is 5. The Morgan fingerprint density at radius 2 is 1.63 bits per heavy atom. The van der Waals surface area contributed by atoms with Crippen LogP contribution in [0.4, 0.5) is 15.9 Å². The average molecular weight is 1140 g/mol. The number of nitriles is 1. The van der Waals surface area contributed by atoms with E-state index in [2.05, 4.69) is 42.7 Å². The first kappa shape index (κ1) is 62.5. The van der Waals surface area contributed by atoms with Crippen molar-refractivity contribution in [3.63, 3.8) is 0 Å². The highest BCUT2D eigenvalue weighted by Gasteiger charge is 2.45. The number of aromatic nitrogens is 3. The highest BCUT2D eigenvalue weighted by molar-refractivity contribution is 5.96. The summed E-state index contributed by atoms with van der Waals surface area (Å²) in [6.45, 7) is 13.8. The first-order chi connectivity index (χ1) is 39.4. The van der Waals surface area contributed by atoms with Crippen molar-refractivity contribution in [1.29, 1.82) is 5.26 Å². The third kappa shape index (κ3) is 16.1. The van der Waals surface area contributed by atoms with Crippen LogP contribution in [0.25, 0.3) is 11.1 Å². The Bertz CT molecular complexity index is 2860. The number of fused-ring (bicyclic) bond motifs is 8. The van der Waals surface area contributed by atoms with Crippen molar-refractivity contribution in [3.8, 4) is 17.2 Å². The van der Waals surface area contributed by atoms with Gasteiger partial charge in [-0.25, -0.2) is 9.37 Å². The number of pyridine rings is 1. The Balaban J connectivity index is 0.788. The fraction of sp³-hybridized carbons (Fsp3) is 0.559. The van der Waals surface area contributed by atoms with Crippen LogP contribution in [0.15, 0.2) is 60.8 Å². The Hall–Kier alpha value is -7.07. The molecule has 5 amide bonds. The molecule has 2 bridgehead atoms. The molecule has 0 aliphatic carbocycles. The van der Waals surface area contributed by atoms with Crippen LogP contribution in [0, 0.1) is 22.6 Å². The average Bonchev–Trinajstić information content (AvgIpc) is 4.29. The summed E-state index contributed by atoms with van der Waals surface area (Å²) < 4.78 is 39.2. The maximum atomic E-state index is 14.8. The number of rotatable bonds is 27. The molecule has 23 heteroatoms. The number of likely N-dealkylation sites (N-methyl/N-ethyl adjacent to an activating group) is 1. The highest BCUT2D eigenvalue weighted by Crippen LogP contribution is 2.43. The van der Waals surface area contributed by atoms with Crippen molar-refractivity contribution in [2.75, 3.05) is 104 Å². The summed E-state index contributed by atoms with van der Waals surface area (Å²) in [6.07, 6.45) is 4.25. The van der Waals surface area contributed by atoms with Gasteiger partial charge in [0.15, 0.2) is 5.69 Å². The fourth-order valence-electron chi connectivity index (χ4n) is 10.7. The molecule has 0 radical (unpaired) electrons. The van der Waals surface area contributed by atoms with Gasteiger partial charge < -0.3 is 66.0 Å². The van der Waals surface area contributed by atoms with Crippen LogP contribution < -0.4 is 37.2 Å². The molecule has 22 nitrogen and oxygen atoms in total. The molecule has 2 saturated heterocycles. The molecule has 6 atom stereocenters. The number of hydrogen-bond acceptors (Lipinski definition) is 16. The number of ether oxygens (including phenoxy) is 4. The number of nitrogen functional groups attached to an aromatic ring is 1. The van der Waals surface area contributed by atoms with Gasteiger partial charge in [-0.1, -0.05) is 58.0 Å². The van der Waals surface area contributed by atoms with E-state index >= 15 is 0 Å². The van der Waals surface area contributed by atoms with E-state index in [1.165, 1.54) is 23.1 Å². The highest BCUT2D eigenvalue weighted by atomic mass is 19.1. The summed E-state index contributed by atoms with van der Waals surface area (Å²) in [7, 11) is 3.34. The second-order valence-corrected chi connectivity index (χ2v) is 22.0. The fourth-order valence-corrected chi connectivity index (χ4v) is 10.7. The summed E-state index contributed by atoms with van der Waals surface area (Å²) >= 11 is 0. The Labute approximate surface area is 480 Å². The number of nitrogens with one attached hydrogen (secondary N) is 5. The van der Waals surface area contributed by atoms with E-state index < -0.39 is 29.4 Å². The number of halogens is 1. The van der Waals surface area contributed by atoms with Gasteiger partial charge in [-0.05, 0) is 80.5 Å². The van der Waals surface area contributed by atoms with Gasteiger partial charge in [0, 0.05) is 68.6 Å². The third-order valence-corrected chi connectivity index (χ3v) is 15.2. The predicted octanol–water partition coefficient (Wildman–Crippen LogP) is 4.00. The Kier molecular flexibility index (Phi) is 22.7. The molecule has 7 rings (SSSR count). The molecular formula is C59H82FN13O9. The van der Waals surface area contributed by atoms with Gasteiger partial charge in [-0.2, -0.15) is 10.4 Å². The minimum absolute atomic E-state index is 0.0623. The maximum Gasteiger partial charge on any atom is 0.254 e. The van der Waals surface area contributed by atoms with Crippen LogP contribution in [-0.4, -0.2) is 171 Å². The number of nitrogens with zero attached hydrogens (tertiary/aromatic N) is 7. The Morgan fingerprint density at radius 1 is 0.939 bits per heavy atom. The van der Waals surface area contributed by atoms with Crippen molar-refractivity contribution in [2.45, 2.75) is 116 Å². The number of likely N-dealkylation sites (tertiary alicyclic amines) is 1. The van der Waals surface area contributed by atoms with Crippen molar-refractivity contribution in [2.24, 2.45) is 5.41 Å². The third-order valence-electron chi connectivity index (χ3n) is 15.2. The lowest BCUT2D eigenvalue weighted by atomic mass is 9.85. The summed E-state index contributed by atoms with van der Waals surface area (Å²) in [5.41, 5.74) is 10.2. The maximum absolute atomic E-state index is 14.8. The van der Waals surface area contributed by atoms with Crippen LogP contribution in [0.2, 0.25) is 0 Å². The minimum atomic E-state index is -0.858. The number of benzene rings is 2. The Morgan fingerprint density at radius 3 is 2.30 bits per heavy atom. The van der Waals surface area contributed by atoms with Crippen LogP contribution in [0.5, 0.6) is 0 Å². The zero-order valence-electron chi connectivity index (χ0n) is 48.4. The van der Waals surface area contributed by atoms with E-state index in [1.807, 2.05) is 69.0 Å². The number of hydrogen-bond donors (Lipinski definition) is 6. The SMILES string of the molecule is CC[C@H](NC(=O)[C@H]1C[C@@H](NCCOCCOCCOCCOCCC(=O)NCCn2nc(C#N)c3c2CN(C)C(=O)c2ccc(F)cc2[C@H]2CCCN2c2cc-3cnc2N)CN1C(=O)[C@H](NC(=O)[C@@H](C)NC)C(C)(C)C)c1ccccc1. The molecule has 2 aromatic carbocycles. The normalized spacial score (nSPS) is 18.1. The standard InChI is InChI=1S/C59H82FN13O9/c1-8-45(39-13-10-9-11-14-39)67-56(76)49-33-42(36-72(49)58(78)53(59(3,4)5)68-55(75)38(2)63-6)64-20-24-80-26-28-82-30-29-81-27-25-79-23-18-51(74)65-19-22-73-50-37-70(7)57(77)43-17-16-41(60)32-44(43)47-15-12-21-71(47)48-31-40(35-66-54(48)62)52(50)46(34-61)69-73/h9-11,13-14,16-17,31-32,35,38,42,45,47,49,53,63-64H,8,12,15,18-30,33,36-37H2,1-7H3,(H2,62,66)(H,65,74)(H,67,76)(H,68,75)/t38-,42-,45+,47-,49-,53+/m1/s1. The molecule has 3 aliphatic rings. The van der Waals surface area contributed by atoms with Gasteiger partial charge in [0.1, 0.15) is 29.8 Å². The molecule has 0 unspecified atom stereocenters. The van der Waals surface area contributed by atoms with Crippen molar-refractivity contribution in [3.05, 3.63) is 94.7 Å². The smallest absolute Gasteiger partial charge is 0.254 e. The number of nitrogens with two attached hydrogens (primary N) is 1. The molecule has 7 N–H and O–H groups in total. The summed E-state index contributed by atoms with van der Waals surface area (Å²) in [5, 5.41) is 30.3. The van der Waals surface area contributed by atoms with Gasteiger partial charge in [0.05, 0.1) is 95.5 Å². The topological polar surface area (TPSA) is 273 Å². The van der Waals surface area contributed by atoms with E-state index in [-0.39, 0.29) is 105 Å². The lowest BCUT2D eigenvalue weighted by Crippen LogP contribution is -2.59. The van der Waals surface area contributed by atoms with Crippen LogP contribution in [0.1, 0.15) is 112 Å². The van der Waals surface area contributed by atoms with Gasteiger partial charge in [0.2, 0.25) is 23.6 Å². The van der Waals surface area contributed by atoms with Gasteiger partial charge in [-0.15, -0.1) is 0 Å². The van der Waals surface area contributed by atoms with E-state index in [9.17, 15) is 33.6 Å².